The monoisotopic (exact) mass is 466 g/mol. The third-order valence-corrected chi connectivity index (χ3v) is 5.34. The summed E-state index contributed by atoms with van der Waals surface area (Å²) >= 11 is 0. The SMILES string of the molecule is O=C(OCCc1ccccc1)c1cccc(OC(=O)c2ccc(OCCc3ccccc3)cc2)c1. The van der Waals surface area contributed by atoms with Crippen molar-refractivity contribution in [2.75, 3.05) is 13.2 Å². The summed E-state index contributed by atoms with van der Waals surface area (Å²) in [6, 6.07) is 33.1. The van der Waals surface area contributed by atoms with Gasteiger partial charge < -0.3 is 14.2 Å². The Bertz CT molecular complexity index is 1230. The molecule has 0 unspecified atom stereocenters. The predicted molar refractivity (Wildman–Crippen MR) is 134 cm³/mol. The molecule has 0 aromatic heterocycles. The van der Waals surface area contributed by atoms with Gasteiger partial charge in [0, 0.05) is 12.8 Å². The second-order valence-corrected chi connectivity index (χ2v) is 7.90. The maximum absolute atomic E-state index is 12.6. The molecule has 4 aromatic rings. The molecule has 4 aromatic carbocycles. The Balaban J connectivity index is 1.26. The molecule has 4 rings (SSSR count). The summed E-state index contributed by atoms with van der Waals surface area (Å²) in [5.74, 6) is -0.0281. The predicted octanol–water partition coefficient (Wildman–Crippen LogP) is 5.93. The molecular formula is C30H26O5. The first-order chi connectivity index (χ1) is 17.2. The first kappa shape index (κ1) is 23.8. The summed E-state index contributed by atoms with van der Waals surface area (Å²) in [6.45, 7) is 0.814. The minimum Gasteiger partial charge on any atom is -0.493 e. The Labute approximate surface area is 204 Å². The zero-order valence-corrected chi connectivity index (χ0v) is 19.3. The molecule has 0 amide bonds. The van der Waals surface area contributed by atoms with E-state index >= 15 is 0 Å². The largest absolute Gasteiger partial charge is 0.493 e. The molecule has 0 saturated heterocycles. The zero-order chi connectivity index (χ0) is 24.3. The maximum atomic E-state index is 12.6. The summed E-state index contributed by atoms with van der Waals surface area (Å²) in [5.41, 5.74) is 3.01. The molecule has 5 heteroatoms. The highest BCUT2D eigenvalue weighted by molar-refractivity contribution is 5.92. The van der Waals surface area contributed by atoms with E-state index in [0.29, 0.717) is 29.9 Å². The number of esters is 2. The van der Waals surface area contributed by atoms with E-state index in [-0.39, 0.29) is 12.4 Å². The van der Waals surface area contributed by atoms with Gasteiger partial charge in [0.2, 0.25) is 0 Å². The number of carbonyl (C=O) groups excluding carboxylic acids is 2. The standard InChI is InChI=1S/C30H26O5/c31-29(34-21-19-24-10-5-2-6-11-24)26-12-7-13-28(22-26)35-30(32)25-14-16-27(17-15-25)33-20-18-23-8-3-1-4-9-23/h1-17,22H,18-21H2. The van der Waals surface area contributed by atoms with Gasteiger partial charge in [0.15, 0.2) is 0 Å². The quantitative estimate of drug-likeness (QED) is 0.214. The van der Waals surface area contributed by atoms with Gasteiger partial charge in [-0.2, -0.15) is 0 Å². The lowest BCUT2D eigenvalue weighted by Crippen LogP contribution is -2.11. The summed E-state index contributed by atoms with van der Waals surface area (Å²) in [7, 11) is 0. The van der Waals surface area contributed by atoms with Crippen LogP contribution in [0.1, 0.15) is 31.8 Å². The van der Waals surface area contributed by atoms with Crippen molar-refractivity contribution in [1.29, 1.82) is 0 Å². The molecule has 0 aliphatic carbocycles. The van der Waals surface area contributed by atoms with Crippen LogP contribution in [0.25, 0.3) is 0 Å². The lowest BCUT2D eigenvalue weighted by atomic mass is 10.2. The Hall–Kier alpha value is -4.38. The van der Waals surface area contributed by atoms with E-state index in [9.17, 15) is 9.59 Å². The molecule has 5 nitrogen and oxygen atoms in total. The van der Waals surface area contributed by atoms with E-state index in [0.717, 1.165) is 12.0 Å². The van der Waals surface area contributed by atoms with Crippen LogP contribution in [0, 0.1) is 0 Å². The second kappa shape index (κ2) is 12.2. The summed E-state index contributed by atoms with van der Waals surface area (Å²) < 4.78 is 16.6. The van der Waals surface area contributed by atoms with E-state index in [1.165, 1.54) is 11.6 Å². The number of hydrogen-bond donors (Lipinski definition) is 0. The molecule has 0 N–H and O–H groups in total. The van der Waals surface area contributed by atoms with E-state index < -0.39 is 11.9 Å². The van der Waals surface area contributed by atoms with E-state index in [2.05, 4.69) is 12.1 Å². The van der Waals surface area contributed by atoms with Crippen molar-refractivity contribution in [2.45, 2.75) is 12.8 Å². The lowest BCUT2D eigenvalue weighted by Gasteiger charge is -2.09. The average molecular weight is 467 g/mol. The van der Waals surface area contributed by atoms with Gasteiger partial charge >= 0.3 is 11.9 Å². The highest BCUT2D eigenvalue weighted by atomic mass is 16.5. The maximum Gasteiger partial charge on any atom is 0.343 e. The Kier molecular flexibility index (Phi) is 8.28. The van der Waals surface area contributed by atoms with E-state index in [1.807, 2.05) is 48.5 Å². The molecule has 0 fully saturated rings. The third kappa shape index (κ3) is 7.30. The zero-order valence-electron chi connectivity index (χ0n) is 19.3. The summed E-state index contributed by atoms with van der Waals surface area (Å²) in [5, 5.41) is 0. The van der Waals surface area contributed by atoms with Crippen molar-refractivity contribution < 1.29 is 23.8 Å². The van der Waals surface area contributed by atoms with Gasteiger partial charge in [-0.25, -0.2) is 9.59 Å². The lowest BCUT2D eigenvalue weighted by molar-refractivity contribution is 0.0507. The van der Waals surface area contributed by atoms with Crippen LogP contribution in [-0.4, -0.2) is 25.2 Å². The van der Waals surface area contributed by atoms with Crippen molar-refractivity contribution in [3.63, 3.8) is 0 Å². The minimum absolute atomic E-state index is 0.270. The summed E-state index contributed by atoms with van der Waals surface area (Å²) in [6.07, 6.45) is 1.43. The van der Waals surface area contributed by atoms with Gasteiger partial charge in [-0.1, -0.05) is 66.7 Å². The molecule has 35 heavy (non-hydrogen) atoms. The molecule has 0 atom stereocenters. The van der Waals surface area contributed by atoms with Gasteiger partial charge in [-0.15, -0.1) is 0 Å². The van der Waals surface area contributed by atoms with E-state index in [1.54, 1.807) is 42.5 Å². The van der Waals surface area contributed by atoms with Gasteiger partial charge in [-0.3, -0.25) is 0 Å². The van der Waals surface area contributed by atoms with Crippen LogP contribution >= 0.6 is 0 Å². The summed E-state index contributed by atoms with van der Waals surface area (Å²) in [4.78, 5) is 24.9. The number of ether oxygens (including phenoxy) is 3. The Morgan fingerprint density at radius 1 is 0.543 bits per heavy atom. The van der Waals surface area contributed by atoms with E-state index in [4.69, 9.17) is 14.2 Å². The molecule has 0 bridgehead atoms. The molecule has 0 aliphatic heterocycles. The highest BCUT2D eigenvalue weighted by Gasteiger charge is 2.12. The first-order valence-corrected chi connectivity index (χ1v) is 11.5. The number of benzene rings is 4. The van der Waals surface area contributed by atoms with Gasteiger partial charge in [0.05, 0.1) is 24.3 Å². The fourth-order valence-electron chi connectivity index (χ4n) is 3.46. The molecule has 0 radical (unpaired) electrons. The van der Waals surface area contributed by atoms with Crippen LogP contribution in [0.3, 0.4) is 0 Å². The fraction of sp³-hybridized carbons (Fsp3) is 0.133. The molecule has 0 saturated carbocycles. The van der Waals surface area contributed by atoms with Crippen molar-refractivity contribution in [3.05, 3.63) is 131 Å². The smallest absolute Gasteiger partial charge is 0.343 e. The van der Waals surface area contributed by atoms with Crippen LogP contribution < -0.4 is 9.47 Å². The first-order valence-electron chi connectivity index (χ1n) is 11.5. The molecule has 0 spiro atoms. The van der Waals surface area contributed by atoms with Crippen LogP contribution in [0.4, 0.5) is 0 Å². The Morgan fingerprint density at radius 3 is 1.83 bits per heavy atom. The van der Waals surface area contributed by atoms with Gasteiger partial charge in [0.25, 0.3) is 0 Å². The minimum atomic E-state index is -0.518. The van der Waals surface area contributed by atoms with Gasteiger partial charge in [-0.05, 0) is 53.6 Å². The number of carbonyl (C=O) groups is 2. The van der Waals surface area contributed by atoms with Crippen molar-refractivity contribution in [3.8, 4) is 11.5 Å². The second-order valence-electron chi connectivity index (χ2n) is 7.90. The van der Waals surface area contributed by atoms with Gasteiger partial charge in [0.1, 0.15) is 11.5 Å². The van der Waals surface area contributed by atoms with Crippen LogP contribution in [-0.2, 0) is 17.6 Å². The highest BCUT2D eigenvalue weighted by Crippen LogP contribution is 2.18. The normalized spacial score (nSPS) is 10.4. The molecule has 176 valence electrons. The molecular weight excluding hydrogens is 440 g/mol. The number of rotatable bonds is 10. The topological polar surface area (TPSA) is 61.8 Å². The van der Waals surface area contributed by atoms with Crippen LogP contribution in [0.5, 0.6) is 11.5 Å². The fourth-order valence-corrected chi connectivity index (χ4v) is 3.46. The van der Waals surface area contributed by atoms with Crippen molar-refractivity contribution in [2.24, 2.45) is 0 Å². The van der Waals surface area contributed by atoms with Crippen molar-refractivity contribution >= 4 is 11.9 Å². The molecule has 0 heterocycles. The average Bonchev–Trinajstić information content (AvgIpc) is 2.90. The Morgan fingerprint density at radius 2 is 1.17 bits per heavy atom. The third-order valence-electron chi connectivity index (χ3n) is 5.34. The van der Waals surface area contributed by atoms with Crippen molar-refractivity contribution in [1.82, 2.24) is 0 Å². The number of hydrogen-bond acceptors (Lipinski definition) is 5. The molecule has 0 aliphatic rings. The van der Waals surface area contributed by atoms with Crippen LogP contribution in [0.2, 0.25) is 0 Å². The van der Waals surface area contributed by atoms with Crippen LogP contribution in [0.15, 0.2) is 109 Å².